The molecule has 100 valence electrons. The molecule has 0 fully saturated rings. The van der Waals surface area contributed by atoms with E-state index in [1.807, 2.05) is 6.07 Å². The molecule has 0 aliphatic rings. The monoisotopic (exact) mass is 270 g/mol. The van der Waals surface area contributed by atoms with Gasteiger partial charge in [-0.15, -0.1) is 0 Å². The third kappa shape index (κ3) is 1.72. The Morgan fingerprint density at radius 2 is 1.95 bits per heavy atom. The van der Waals surface area contributed by atoms with Crippen molar-refractivity contribution in [2.45, 2.75) is 0 Å². The van der Waals surface area contributed by atoms with Crippen LogP contribution >= 0.6 is 0 Å². The van der Waals surface area contributed by atoms with E-state index < -0.39 is 11.5 Å². The molecule has 0 spiro atoms. The molecule has 0 bridgehead atoms. The summed E-state index contributed by atoms with van der Waals surface area (Å²) in [6, 6.07) is 9.89. The van der Waals surface area contributed by atoms with E-state index in [4.69, 9.17) is 5.73 Å². The summed E-state index contributed by atoms with van der Waals surface area (Å²) in [4.78, 5) is 27.1. The molecule has 0 unspecified atom stereocenters. The van der Waals surface area contributed by atoms with Gasteiger partial charge in [0.1, 0.15) is 5.69 Å². The van der Waals surface area contributed by atoms with Crippen LogP contribution in [0, 0.1) is 0 Å². The minimum Gasteiger partial charge on any atom is -0.493 e. The van der Waals surface area contributed by atoms with Crippen molar-refractivity contribution in [2.24, 2.45) is 5.73 Å². The van der Waals surface area contributed by atoms with E-state index in [9.17, 15) is 14.7 Å². The lowest BCUT2D eigenvalue weighted by Gasteiger charge is -2.05. The maximum Gasteiger partial charge on any atom is 0.267 e. The molecule has 3 N–H and O–H groups in total. The number of nitrogens with zero attached hydrogens (tertiary/aromatic N) is 3. The number of para-hydroxylation sites is 1. The van der Waals surface area contributed by atoms with Gasteiger partial charge in [-0.3, -0.25) is 9.59 Å². The fourth-order valence-electron chi connectivity index (χ4n) is 1.98. The van der Waals surface area contributed by atoms with Crippen LogP contribution in [0.4, 0.5) is 0 Å². The van der Waals surface area contributed by atoms with Crippen LogP contribution < -0.4 is 11.3 Å². The lowest BCUT2D eigenvalue weighted by molar-refractivity contribution is 0.0995. The van der Waals surface area contributed by atoms with Crippen LogP contribution in [0.3, 0.4) is 0 Å². The number of nitrogens with two attached hydrogens (primary N) is 1. The number of fused-ring (bicyclic) bond motifs is 1. The molecule has 2 aromatic heterocycles. The van der Waals surface area contributed by atoms with Crippen molar-refractivity contribution in [3.63, 3.8) is 0 Å². The van der Waals surface area contributed by atoms with E-state index in [-0.39, 0.29) is 17.4 Å². The Labute approximate surface area is 112 Å². The van der Waals surface area contributed by atoms with Crippen molar-refractivity contribution >= 4 is 11.7 Å². The SMILES string of the molecule is NC(=O)c1cc(=O)n2cc(O)n(-c3ccccc3)c2n1. The third-order valence-electron chi connectivity index (χ3n) is 2.87. The first-order valence-electron chi connectivity index (χ1n) is 5.77. The number of imidazole rings is 1. The molecule has 2 heterocycles. The van der Waals surface area contributed by atoms with E-state index >= 15 is 0 Å². The smallest absolute Gasteiger partial charge is 0.267 e. The highest BCUT2D eigenvalue weighted by atomic mass is 16.3. The van der Waals surface area contributed by atoms with Gasteiger partial charge in [0.05, 0.1) is 11.9 Å². The first kappa shape index (κ1) is 12.0. The minimum atomic E-state index is -0.801. The standard InChI is InChI=1S/C13H10N4O3/c14-12(20)9-6-10(18)16-7-11(19)17(13(16)15-9)8-4-2-1-3-5-8/h1-7,19H,(H2,14,20). The maximum absolute atomic E-state index is 11.9. The molecule has 0 atom stereocenters. The van der Waals surface area contributed by atoms with E-state index in [0.29, 0.717) is 5.69 Å². The molecular weight excluding hydrogens is 260 g/mol. The molecule has 7 heteroatoms. The first-order valence-corrected chi connectivity index (χ1v) is 5.77. The average molecular weight is 270 g/mol. The Morgan fingerprint density at radius 1 is 1.25 bits per heavy atom. The molecule has 3 rings (SSSR count). The summed E-state index contributed by atoms with van der Waals surface area (Å²) in [6.45, 7) is 0. The summed E-state index contributed by atoms with van der Waals surface area (Å²) in [7, 11) is 0. The van der Waals surface area contributed by atoms with E-state index in [2.05, 4.69) is 4.98 Å². The van der Waals surface area contributed by atoms with Crippen LogP contribution in [0.1, 0.15) is 10.5 Å². The van der Waals surface area contributed by atoms with Crippen LogP contribution in [0.15, 0.2) is 47.4 Å². The number of rotatable bonds is 2. The molecule has 7 nitrogen and oxygen atoms in total. The van der Waals surface area contributed by atoms with Crippen molar-refractivity contribution < 1.29 is 9.90 Å². The molecule has 0 saturated heterocycles. The highest BCUT2D eigenvalue weighted by Crippen LogP contribution is 2.20. The fraction of sp³-hybridized carbons (Fsp3) is 0. The quantitative estimate of drug-likeness (QED) is 0.698. The van der Waals surface area contributed by atoms with Crippen molar-refractivity contribution in [1.82, 2.24) is 14.0 Å². The molecule has 3 aromatic rings. The number of amides is 1. The second-order valence-electron chi connectivity index (χ2n) is 4.17. The van der Waals surface area contributed by atoms with Crippen molar-refractivity contribution in [3.05, 3.63) is 58.6 Å². The van der Waals surface area contributed by atoms with Gasteiger partial charge in [-0.1, -0.05) is 18.2 Å². The number of hydrogen-bond donors (Lipinski definition) is 2. The molecular formula is C13H10N4O3. The third-order valence-corrected chi connectivity index (χ3v) is 2.87. The summed E-state index contributed by atoms with van der Waals surface area (Å²) in [5.41, 5.74) is 5.12. The summed E-state index contributed by atoms with van der Waals surface area (Å²) >= 11 is 0. The predicted octanol–water partition coefficient (Wildman–Crippen LogP) is 0.290. The van der Waals surface area contributed by atoms with Gasteiger partial charge in [-0.2, -0.15) is 0 Å². The van der Waals surface area contributed by atoms with Gasteiger partial charge in [0, 0.05) is 6.07 Å². The first-order chi connectivity index (χ1) is 9.58. The van der Waals surface area contributed by atoms with Gasteiger partial charge in [0.15, 0.2) is 0 Å². The van der Waals surface area contributed by atoms with Gasteiger partial charge in [0.2, 0.25) is 11.7 Å². The Morgan fingerprint density at radius 3 is 2.60 bits per heavy atom. The summed E-state index contributed by atoms with van der Waals surface area (Å²) in [6.07, 6.45) is 1.24. The number of aromatic hydroxyl groups is 1. The van der Waals surface area contributed by atoms with Crippen molar-refractivity contribution in [3.8, 4) is 11.6 Å². The normalized spacial score (nSPS) is 10.8. The van der Waals surface area contributed by atoms with Crippen LogP contribution in [0.5, 0.6) is 5.88 Å². The van der Waals surface area contributed by atoms with Gasteiger partial charge in [-0.25, -0.2) is 14.0 Å². The van der Waals surface area contributed by atoms with Crippen LogP contribution in [0.2, 0.25) is 0 Å². The lowest BCUT2D eigenvalue weighted by Crippen LogP contribution is -2.21. The van der Waals surface area contributed by atoms with Gasteiger partial charge in [0.25, 0.3) is 11.5 Å². The summed E-state index contributed by atoms with van der Waals surface area (Å²) < 4.78 is 2.50. The highest BCUT2D eigenvalue weighted by molar-refractivity contribution is 5.91. The lowest BCUT2D eigenvalue weighted by atomic mass is 10.3. The Hall–Kier alpha value is -3.09. The molecule has 1 aromatic carbocycles. The van der Waals surface area contributed by atoms with E-state index in [1.165, 1.54) is 10.8 Å². The predicted molar refractivity (Wildman–Crippen MR) is 71.0 cm³/mol. The second kappa shape index (κ2) is 4.23. The Balaban J connectivity index is 2.41. The maximum atomic E-state index is 11.9. The summed E-state index contributed by atoms with van der Waals surface area (Å²) in [5.74, 6) is -0.845. The number of benzene rings is 1. The zero-order valence-electron chi connectivity index (χ0n) is 10.2. The van der Waals surface area contributed by atoms with Gasteiger partial charge in [-0.05, 0) is 12.1 Å². The molecule has 1 amide bonds. The molecule has 0 saturated carbocycles. The minimum absolute atomic E-state index is 0.120. The van der Waals surface area contributed by atoms with E-state index in [1.54, 1.807) is 24.3 Å². The molecule has 20 heavy (non-hydrogen) atoms. The highest BCUT2D eigenvalue weighted by Gasteiger charge is 2.15. The number of carbonyl (C=O) groups excluding carboxylic acids is 1. The summed E-state index contributed by atoms with van der Waals surface area (Å²) in [5, 5.41) is 9.99. The topological polar surface area (TPSA) is 103 Å². The molecule has 0 aliphatic heterocycles. The van der Waals surface area contributed by atoms with Crippen molar-refractivity contribution in [2.75, 3.05) is 0 Å². The van der Waals surface area contributed by atoms with Crippen molar-refractivity contribution in [1.29, 1.82) is 0 Å². The van der Waals surface area contributed by atoms with Crippen LogP contribution in [0.25, 0.3) is 11.5 Å². The number of hydrogen-bond acceptors (Lipinski definition) is 4. The number of primary amides is 1. The number of aromatic nitrogens is 3. The van der Waals surface area contributed by atoms with Gasteiger partial charge >= 0.3 is 0 Å². The van der Waals surface area contributed by atoms with Crippen LogP contribution in [-0.4, -0.2) is 25.0 Å². The largest absolute Gasteiger partial charge is 0.493 e. The van der Waals surface area contributed by atoms with Crippen LogP contribution in [-0.2, 0) is 0 Å². The molecule has 0 radical (unpaired) electrons. The average Bonchev–Trinajstić information content (AvgIpc) is 2.76. The zero-order chi connectivity index (χ0) is 14.3. The molecule has 0 aliphatic carbocycles. The Kier molecular flexibility index (Phi) is 2.53. The second-order valence-corrected chi connectivity index (χ2v) is 4.17. The van der Waals surface area contributed by atoms with E-state index in [0.717, 1.165) is 10.5 Å². The fourth-order valence-corrected chi connectivity index (χ4v) is 1.98. The number of carbonyl (C=O) groups is 1. The van der Waals surface area contributed by atoms with Gasteiger partial charge < -0.3 is 10.8 Å². The Bertz CT molecular complexity index is 864. The zero-order valence-corrected chi connectivity index (χ0v) is 10.2.